The predicted molar refractivity (Wildman–Crippen MR) is 94.5 cm³/mol. The molecular weight excluding hydrogens is 284 g/mol. The molecule has 3 rings (SSSR count). The van der Waals surface area contributed by atoms with Crippen molar-refractivity contribution < 1.29 is 9.84 Å². The molecule has 0 fully saturated rings. The van der Waals surface area contributed by atoms with Gasteiger partial charge in [-0.1, -0.05) is 54.6 Å². The normalized spacial score (nSPS) is 11.3. The van der Waals surface area contributed by atoms with Gasteiger partial charge in [0.25, 0.3) is 0 Å². The topological polar surface area (TPSA) is 29.5 Å². The summed E-state index contributed by atoms with van der Waals surface area (Å²) in [5.41, 5.74) is 4.38. The van der Waals surface area contributed by atoms with E-state index >= 15 is 0 Å². The fourth-order valence-electron chi connectivity index (χ4n) is 2.46. The Bertz CT molecular complexity index is 786. The SMILES string of the molecule is COc1ccc(/C(=C\c2ccccc2)c2ccc(O)cc2)cc1. The Labute approximate surface area is 136 Å². The Kier molecular flexibility index (Phi) is 4.44. The quantitative estimate of drug-likeness (QED) is 0.688. The van der Waals surface area contributed by atoms with Crippen molar-refractivity contribution in [1.29, 1.82) is 0 Å². The second kappa shape index (κ2) is 6.84. The second-order valence-electron chi connectivity index (χ2n) is 5.24. The van der Waals surface area contributed by atoms with E-state index in [2.05, 4.69) is 18.2 Å². The maximum absolute atomic E-state index is 9.53. The molecule has 0 amide bonds. The third-order valence-corrected chi connectivity index (χ3v) is 3.69. The number of hydrogen-bond donors (Lipinski definition) is 1. The van der Waals surface area contributed by atoms with Gasteiger partial charge in [0.1, 0.15) is 11.5 Å². The molecule has 2 nitrogen and oxygen atoms in total. The van der Waals surface area contributed by atoms with Crippen LogP contribution in [0.4, 0.5) is 0 Å². The minimum atomic E-state index is 0.266. The molecular formula is C21H18O2. The van der Waals surface area contributed by atoms with E-state index < -0.39 is 0 Å². The van der Waals surface area contributed by atoms with Crippen LogP contribution in [0, 0.1) is 0 Å². The summed E-state index contributed by atoms with van der Waals surface area (Å²) < 4.78 is 5.24. The average molecular weight is 302 g/mol. The van der Waals surface area contributed by atoms with Crippen LogP contribution in [0.3, 0.4) is 0 Å². The third kappa shape index (κ3) is 3.61. The number of benzene rings is 3. The summed E-state index contributed by atoms with van der Waals surface area (Å²) in [7, 11) is 1.66. The number of hydrogen-bond acceptors (Lipinski definition) is 2. The van der Waals surface area contributed by atoms with Gasteiger partial charge in [0.2, 0.25) is 0 Å². The number of ether oxygens (including phenoxy) is 1. The van der Waals surface area contributed by atoms with Gasteiger partial charge in [-0.25, -0.2) is 0 Å². The van der Waals surface area contributed by atoms with Gasteiger partial charge in [-0.15, -0.1) is 0 Å². The van der Waals surface area contributed by atoms with Crippen LogP contribution in [0.1, 0.15) is 16.7 Å². The third-order valence-electron chi connectivity index (χ3n) is 3.69. The van der Waals surface area contributed by atoms with Crippen LogP contribution in [-0.4, -0.2) is 12.2 Å². The number of phenolic OH excluding ortho intramolecular Hbond substituents is 1. The van der Waals surface area contributed by atoms with E-state index in [1.54, 1.807) is 19.2 Å². The lowest BCUT2D eigenvalue weighted by molar-refractivity contribution is 0.415. The number of aromatic hydroxyl groups is 1. The van der Waals surface area contributed by atoms with Crippen molar-refractivity contribution in [3.63, 3.8) is 0 Å². The molecule has 3 aromatic carbocycles. The van der Waals surface area contributed by atoms with E-state index in [1.165, 1.54) is 0 Å². The highest BCUT2D eigenvalue weighted by molar-refractivity contribution is 5.91. The fraction of sp³-hybridized carbons (Fsp3) is 0.0476. The Morgan fingerprint density at radius 3 is 1.91 bits per heavy atom. The van der Waals surface area contributed by atoms with E-state index in [1.807, 2.05) is 54.6 Å². The van der Waals surface area contributed by atoms with E-state index in [-0.39, 0.29) is 5.75 Å². The molecule has 0 aliphatic carbocycles. The monoisotopic (exact) mass is 302 g/mol. The van der Waals surface area contributed by atoms with Crippen LogP contribution in [0.5, 0.6) is 11.5 Å². The molecule has 23 heavy (non-hydrogen) atoms. The van der Waals surface area contributed by atoms with Crippen molar-refractivity contribution in [3.05, 3.63) is 95.6 Å². The smallest absolute Gasteiger partial charge is 0.118 e. The minimum Gasteiger partial charge on any atom is -0.508 e. The summed E-state index contributed by atoms with van der Waals surface area (Å²) in [6, 6.07) is 25.4. The molecule has 114 valence electrons. The van der Waals surface area contributed by atoms with Gasteiger partial charge < -0.3 is 9.84 Å². The van der Waals surface area contributed by atoms with Gasteiger partial charge in [0.15, 0.2) is 0 Å². The maximum atomic E-state index is 9.53. The van der Waals surface area contributed by atoms with Crippen LogP contribution in [0.25, 0.3) is 11.6 Å². The van der Waals surface area contributed by atoms with Gasteiger partial charge in [-0.2, -0.15) is 0 Å². The Morgan fingerprint density at radius 1 is 0.783 bits per heavy atom. The number of rotatable bonds is 4. The molecule has 0 saturated heterocycles. The zero-order chi connectivity index (χ0) is 16.1. The van der Waals surface area contributed by atoms with Gasteiger partial charge in [-0.05, 0) is 52.6 Å². The zero-order valence-electron chi connectivity index (χ0n) is 12.9. The first-order valence-electron chi connectivity index (χ1n) is 7.47. The van der Waals surface area contributed by atoms with Crippen LogP contribution >= 0.6 is 0 Å². The molecule has 0 bridgehead atoms. The van der Waals surface area contributed by atoms with E-state index in [4.69, 9.17) is 4.74 Å². The minimum absolute atomic E-state index is 0.266. The Balaban J connectivity index is 2.09. The van der Waals surface area contributed by atoms with Crippen LogP contribution in [0.2, 0.25) is 0 Å². The maximum Gasteiger partial charge on any atom is 0.118 e. The van der Waals surface area contributed by atoms with Crippen molar-refractivity contribution in [2.75, 3.05) is 7.11 Å². The predicted octanol–water partition coefficient (Wildman–Crippen LogP) is 4.99. The largest absolute Gasteiger partial charge is 0.508 e. The zero-order valence-corrected chi connectivity index (χ0v) is 12.9. The van der Waals surface area contributed by atoms with Gasteiger partial charge in [-0.3, -0.25) is 0 Å². The summed E-state index contributed by atoms with van der Waals surface area (Å²) in [6.07, 6.45) is 2.15. The first-order valence-corrected chi connectivity index (χ1v) is 7.47. The lowest BCUT2D eigenvalue weighted by Gasteiger charge is -2.10. The first kappa shape index (κ1) is 14.9. The van der Waals surface area contributed by atoms with Crippen molar-refractivity contribution in [3.8, 4) is 11.5 Å². The van der Waals surface area contributed by atoms with E-state index in [0.29, 0.717) is 0 Å². The van der Waals surface area contributed by atoms with Crippen molar-refractivity contribution >= 4 is 11.6 Å². The van der Waals surface area contributed by atoms with E-state index in [9.17, 15) is 5.11 Å². The summed E-state index contributed by atoms with van der Waals surface area (Å²) >= 11 is 0. The molecule has 0 aliphatic rings. The number of methoxy groups -OCH3 is 1. The van der Waals surface area contributed by atoms with Crippen LogP contribution in [0.15, 0.2) is 78.9 Å². The van der Waals surface area contributed by atoms with E-state index in [0.717, 1.165) is 28.0 Å². The Hall–Kier alpha value is -3.00. The number of phenols is 1. The van der Waals surface area contributed by atoms with Crippen LogP contribution < -0.4 is 4.74 Å². The summed E-state index contributed by atoms with van der Waals surface area (Å²) in [5, 5.41) is 9.53. The molecule has 0 spiro atoms. The highest BCUT2D eigenvalue weighted by Crippen LogP contribution is 2.28. The van der Waals surface area contributed by atoms with Gasteiger partial charge in [0, 0.05) is 0 Å². The molecule has 2 heteroatoms. The lowest BCUT2D eigenvalue weighted by atomic mass is 9.95. The van der Waals surface area contributed by atoms with Crippen molar-refractivity contribution in [2.45, 2.75) is 0 Å². The highest BCUT2D eigenvalue weighted by atomic mass is 16.5. The van der Waals surface area contributed by atoms with Crippen LogP contribution in [-0.2, 0) is 0 Å². The molecule has 0 unspecified atom stereocenters. The molecule has 1 N–H and O–H groups in total. The summed E-state index contributed by atoms with van der Waals surface area (Å²) in [4.78, 5) is 0. The van der Waals surface area contributed by atoms with Crippen molar-refractivity contribution in [1.82, 2.24) is 0 Å². The molecule has 0 aromatic heterocycles. The molecule has 0 saturated carbocycles. The Morgan fingerprint density at radius 2 is 1.35 bits per heavy atom. The summed E-state index contributed by atoms with van der Waals surface area (Å²) in [5.74, 6) is 1.10. The standard InChI is InChI=1S/C21H18O2/c1-23-20-13-9-18(10-14-20)21(15-16-5-3-2-4-6-16)17-7-11-19(22)12-8-17/h2-15,22H,1H3/b21-15-. The molecule has 3 aromatic rings. The van der Waals surface area contributed by atoms with Gasteiger partial charge >= 0.3 is 0 Å². The molecule has 0 atom stereocenters. The highest BCUT2D eigenvalue weighted by Gasteiger charge is 2.06. The molecule has 0 radical (unpaired) electrons. The average Bonchev–Trinajstić information content (AvgIpc) is 2.62. The summed E-state index contributed by atoms with van der Waals surface area (Å²) in [6.45, 7) is 0. The van der Waals surface area contributed by atoms with Crippen molar-refractivity contribution in [2.24, 2.45) is 0 Å². The lowest BCUT2D eigenvalue weighted by Crippen LogP contribution is -1.89. The molecule has 0 heterocycles. The first-order chi connectivity index (χ1) is 11.3. The second-order valence-corrected chi connectivity index (χ2v) is 5.24. The molecule has 0 aliphatic heterocycles. The fourth-order valence-corrected chi connectivity index (χ4v) is 2.46. The van der Waals surface area contributed by atoms with Gasteiger partial charge in [0.05, 0.1) is 7.11 Å².